The highest BCUT2D eigenvalue weighted by molar-refractivity contribution is 6.11. The maximum atomic E-state index is 9.38. The molecule has 0 atom stereocenters. The van der Waals surface area contributed by atoms with Crippen molar-refractivity contribution in [3.63, 3.8) is 0 Å². The number of hydrogen-bond acceptors (Lipinski definition) is 1. The number of rotatable bonds is 2. The van der Waals surface area contributed by atoms with Crippen molar-refractivity contribution < 1.29 is 0 Å². The van der Waals surface area contributed by atoms with Gasteiger partial charge in [0.2, 0.25) is 0 Å². The molecule has 6 aromatic rings. The molecule has 0 amide bonds. The number of para-hydroxylation sites is 2. The standard InChI is InChI=1S/C27H19N3/c1-2-29-24-9-5-3-7-20(24)23-16-19(12-14-25(23)29)30-26-10-6-4-8-21(26)22-15-18(17-28)11-13-27(22)30/h3-16H,2H2,1H3. The van der Waals surface area contributed by atoms with Crippen molar-refractivity contribution in [1.82, 2.24) is 9.13 Å². The number of aromatic nitrogens is 2. The zero-order valence-corrected chi connectivity index (χ0v) is 16.6. The maximum Gasteiger partial charge on any atom is 0.0991 e. The summed E-state index contributed by atoms with van der Waals surface area (Å²) in [6.07, 6.45) is 0. The molecular weight excluding hydrogens is 366 g/mol. The minimum Gasteiger partial charge on any atom is -0.341 e. The molecule has 2 heterocycles. The van der Waals surface area contributed by atoms with E-state index >= 15 is 0 Å². The van der Waals surface area contributed by atoms with E-state index in [9.17, 15) is 5.26 Å². The van der Waals surface area contributed by atoms with Crippen LogP contribution in [0.15, 0.2) is 84.9 Å². The first-order valence-electron chi connectivity index (χ1n) is 10.2. The van der Waals surface area contributed by atoms with Crippen LogP contribution >= 0.6 is 0 Å². The van der Waals surface area contributed by atoms with Gasteiger partial charge in [-0.05, 0) is 55.5 Å². The Morgan fingerprint density at radius 1 is 0.667 bits per heavy atom. The largest absolute Gasteiger partial charge is 0.341 e. The lowest BCUT2D eigenvalue weighted by atomic mass is 10.1. The van der Waals surface area contributed by atoms with E-state index in [1.807, 2.05) is 12.1 Å². The molecule has 0 saturated heterocycles. The Hall–Kier alpha value is -4.03. The molecule has 142 valence electrons. The Bertz CT molecular complexity index is 1640. The lowest BCUT2D eigenvalue weighted by Gasteiger charge is -2.09. The van der Waals surface area contributed by atoms with Crippen LogP contribution in [0.1, 0.15) is 12.5 Å². The summed E-state index contributed by atoms with van der Waals surface area (Å²) in [5, 5.41) is 14.2. The highest BCUT2D eigenvalue weighted by atomic mass is 15.0. The lowest BCUT2D eigenvalue weighted by Crippen LogP contribution is -1.95. The van der Waals surface area contributed by atoms with Crippen LogP contribution < -0.4 is 0 Å². The third-order valence-electron chi connectivity index (χ3n) is 6.13. The van der Waals surface area contributed by atoms with Crippen molar-refractivity contribution in [3.8, 4) is 11.8 Å². The normalized spacial score (nSPS) is 11.6. The predicted octanol–water partition coefficient (Wildman–Crippen LogP) is 6.78. The fourth-order valence-corrected chi connectivity index (χ4v) is 4.84. The number of nitrogens with zero attached hydrogens (tertiary/aromatic N) is 3. The van der Waals surface area contributed by atoms with Gasteiger partial charge in [0.1, 0.15) is 0 Å². The lowest BCUT2D eigenvalue weighted by molar-refractivity contribution is 0.827. The minimum absolute atomic E-state index is 0.687. The van der Waals surface area contributed by atoms with Crippen LogP contribution in [-0.4, -0.2) is 9.13 Å². The Labute approximate surface area is 174 Å². The van der Waals surface area contributed by atoms with Gasteiger partial charge in [0.15, 0.2) is 0 Å². The van der Waals surface area contributed by atoms with Crippen molar-refractivity contribution in [3.05, 3.63) is 90.5 Å². The van der Waals surface area contributed by atoms with Crippen molar-refractivity contribution in [2.75, 3.05) is 0 Å². The van der Waals surface area contributed by atoms with Crippen molar-refractivity contribution in [1.29, 1.82) is 5.26 Å². The molecule has 0 aliphatic rings. The van der Waals surface area contributed by atoms with Crippen LogP contribution in [-0.2, 0) is 6.54 Å². The third kappa shape index (κ3) is 2.19. The summed E-state index contributed by atoms with van der Waals surface area (Å²) in [4.78, 5) is 0. The molecule has 0 aliphatic carbocycles. The summed E-state index contributed by atoms with van der Waals surface area (Å²) >= 11 is 0. The fourth-order valence-electron chi connectivity index (χ4n) is 4.84. The maximum absolute atomic E-state index is 9.38. The molecule has 0 fully saturated rings. The molecule has 0 saturated carbocycles. The number of nitriles is 1. The zero-order chi connectivity index (χ0) is 20.2. The van der Waals surface area contributed by atoms with Crippen molar-refractivity contribution >= 4 is 43.6 Å². The zero-order valence-electron chi connectivity index (χ0n) is 16.6. The molecule has 3 heteroatoms. The van der Waals surface area contributed by atoms with Crippen LogP contribution in [0.5, 0.6) is 0 Å². The number of hydrogen-bond donors (Lipinski definition) is 0. The molecule has 6 rings (SSSR count). The van der Waals surface area contributed by atoms with Gasteiger partial charge in [-0.1, -0.05) is 36.4 Å². The molecule has 2 aromatic heterocycles. The second kappa shape index (κ2) is 6.23. The second-order valence-corrected chi connectivity index (χ2v) is 7.66. The van der Waals surface area contributed by atoms with Crippen LogP contribution in [0, 0.1) is 11.3 Å². The van der Waals surface area contributed by atoms with Gasteiger partial charge in [-0.2, -0.15) is 5.26 Å². The van der Waals surface area contributed by atoms with E-state index < -0.39 is 0 Å². The molecule has 0 radical (unpaired) electrons. The molecular formula is C27H19N3. The fraction of sp³-hybridized carbons (Fsp3) is 0.0741. The van der Waals surface area contributed by atoms with E-state index in [2.05, 4.69) is 94.9 Å². The summed E-state index contributed by atoms with van der Waals surface area (Å²) in [7, 11) is 0. The van der Waals surface area contributed by atoms with Gasteiger partial charge in [0, 0.05) is 44.8 Å². The van der Waals surface area contributed by atoms with E-state index in [1.165, 1.54) is 27.2 Å². The third-order valence-corrected chi connectivity index (χ3v) is 6.13. The Morgan fingerprint density at radius 3 is 2.03 bits per heavy atom. The Kier molecular flexibility index (Phi) is 3.51. The molecule has 0 N–H and O–H groups in total. The quantitative estimate of drug-likeness (QED) is 0.323. The number of aryl methyl sites for hydroxylation is 1. The van der Waals surface area contributed by atoms with Crippen LogP contribution in [0.2, 0.25) is 0 Å². The molecule has 0 unspecified atom stereocenters. The molecule has 3 nitrogen and oxygen atoms in total. The van der Waals surface area contributed by atoms with Gasteiger partial charge >= 0.3 is 0 Å². The van der Waals surface area contributed by atoms with Gasteiger partial charge in [-0.15, -0.1) is 0 Å². The van der Waals surface area contributed by atoms with Gasteiger partial charge in [0.25, 0.3) is 0 Å². The summed E-state index contributed by atoms with van der Waals surface area (Å²) in [5.74, 6) is 0. The minimum atomic E-state index is 0.687. The van der Waals surface area contributed by atoms with Gasteiger partial charge in [-0.25, -0.2) is 0 Å². The summed E-state index contributed by atoms with van der Waals surface area (Å²) in [6.45, 7) is 3.13. The Morgan fingerprint density at radius 2 is 1.27 bits per heavy atom. The van der Waals surface area contributed by atoms with Crippen LogP contribution in [0.4, 0.5) is 0 Å². The topological polar surface area (TPSA) is 33.6 Å². The highest BCUT2D eigenvalue weighted by Gasteiger charge is 2.15. The SMILES string of the molecule is CCn1c2ccccc2c2cc(-n3c4ccccc4c4cc(C#N)ccc43)ccc21. The second-order valence-electron chi connectivity index (χ2n) is 7.66. The van der Waals surface area contributed by atoms with Gasteiger partial charge in [0.05, 0.1) is 22.7 Å². The molecule has 30 heavy (non-hydrogen) atoms. The highest BCUT2D eigenvalue weighted by Crippen LogP contribution is 2.35. The van der Waals surface area contributed by atoms with Crippen molar-refractivity contribution in [2.45, 2.75) is 13.5 Å². The van der Waals surface area contributed by atoms with Crippen LogP contribution in [0.25, 0.3) is 49.3 Å². The van der Waals surface area contributed by atoms with Crippen molar-refractivity contribution in [2.24, 2.45) is 0 Å². The van der Waals surface area contributed by atoms with Crippen LogP contribution in [0.3, 0.4) is 0 Å². The summed E-state index contributed by atoms with van der Waals surface area (Å²) in [6, 6.07) is 32.0. The van der Waals surface area contributed by atoms with E-state index in [1.54, 1.807) is 0 Å². The van der Waals surface area contributed by atoms with Gasteiger partial charge < -0.3 is 9.13 Å². The van der Waals surface area contributed by atoms with E-state index in [0.717, 1.165) is 28.7 Å². The molecule has 0 spiro atoms. The van der Waals surface area contributed by atoms with Gasteiger partial charge in [-0.3, -0.25) is 0 Å². The number of benzene rings is 4. The first-order chi connectivity index (χ1) is 14.8. The summed E-state index contributed by atoms with van der Waals surface area (Å²) < 4.78 is 4.68. The molecule has 0 bridgehead atoms. The van der Waals surface area contributed by atoms with E-state index in [-0.39, 0.29) is 0 Å². The molecule has 0 aliphatic heterocycles. The monoisotopic (exact) mass is 385 g/mol. The average Bonchev–Trinajstić information content (AvgIpc) is 3.30. The Balaban J connectivity index is 1.73. The smallest absolute Gasteiger partial charge is 0.0991 e. The summed E-state index contributed by atoms with van der Waals surface area (Å²) in [5.41, 5.74) is 6.63. The number of fused-ring (bicyclic) bond motifs is 6. The first-order valence-corrected chi connectivity index (χ1v) is 10.2. The van der Waals surface area contributed by atoms with E-state index in [4.69, 9.17) is 0 Å². The molecule has 4 aromatic carbocycles. The van der Waals surface area contributed by atoms with E-state index in [0.29, 0.717) is 5.56 Å². The average molecular weight is 385 g/mol. The predicted molar refractivity (Wildman–Crippen MR) is 124 cm³/mol. The first kappa shape index (κ1) is 16.9.